The van der Waals surface area contributed by atoms with E-state index in [1.807, 2.05) is 0 Å². The summed E-state index contributed by atoms with van der Waals surface area (Å²) in [4.78, 5) is 17.6. The van der Waals surface area contributed by atoms with Crippen LogP contribution in [-0.4, -0.2) is 51.6 Å². The maximum atomic E-state index is 12.4. The van der Waals surface area contributed by atoms with Crippen LogP contribution in [0.25, 0.3) is 0 Å². The molecule has 8 nitrogen and oxygen atoms in total. The maximum absolute atomic E-state index is 12.4. The smallest absolute Gasteiger partial charge is 0.321 e. The van der Waals surface area contributed by atoms with E-state index < -0.39 is 10.0 Å². The van der Waals surface area contributed by atoms with Gasteiger partial charge in [-0.1, -0.05) is 6.07 Å². The van der Waals surface area contributed by atoms with Gasteiger partial charge in [0.25, 0.3) is 10.0 Å². The van der Waals surface area contributed by atoms with Crippen LogP contribution in [-0.2, 0) is 14.8 Å². The minimum atomic E-state index is -3.76. The highest BCUT2D eigenvalue weighted by Crippen LogP contribution is 2.20. The van der Waals surface area contributed by atoms with E-state index >= 15 is 0 Å². The molecule has 1 aromatic heterocycles. The SMILES string of the molecule is COCCCN(C)C(=O)Nc1cccc(S(=O)(=O)Nc2nccs2)c1. The molecule has 0 bridgehead atoms. The van der Waals surface area contributed by atoms with Gasteiger partial charge in [-0.05, 0) is 24.6 Å². The van der Waals surface area contributed by atoms with Crippen LogP contribution < -0.4 is 10.0 Å². The number of methoxy groups -OCH3 is 1. The molecule has 1 aromatic carbocycles. The Kier molecular flexibility index (Phi) is 6.73. The predicted octanol–water partition coefficient (Wildman–Crippen LogP) is 2.44. The van der Waals surface area contributed by atoms with Crippen LogP contribution in [0.15, 0.2) is 40.7 Å². The molecule has 0 aliphatic carbocycles. The third kappa shape index (κ3) is 5.69. The normalized spacial score (nSPS) is 11.1. The lowest BCUT2D eigenvalue weighted by molar-refractivity contribution is 0.179. The van der Waals surface area contributed by atoms with E-state index in [1.54, 1.807) is 31.7 Å². The zero-order valence-corrected chi connectivity index (χ0v) is 15.6. The summed E-state index contributed by atoms with van der Waals surface area (Å²) in [6.45, 7) is 1.09. The Hall–Kier alpha value is -2.17. The Labute approximate surface area is 150 Å². The van der Waals surface area contributed by atoms with Crippen LogP contribution in [0.1, 0.15) is 6.42 Å². The van der Waals surface area contributed by atoms with Crippen LogP contribution in [0.5, 0.6) is 0 Å². The Morgan fingerprint density at radius 1 is 1.40 bits per heavy atom. The molecule has 2 N–H and O–H groups in total. The van der Waals surface area contributed by atoms with E-state index in [2.05, 4.69) is 15.0 Å². The lowest BCUT2D eigenvalue weighted by atomic mass is 10.3. The lowest BCUT2D eigenvalue weighted by Gasteiger charge is -2.18. The quantitative estimate of drug-likeness (QED) is 0.681. The molecule has 25 heavy (non-hydrogen) atoms. The number of hydrogen-bond donors (Lipinski definition) is 2. The maximum Gasteiger partial charge on any atom is 0.321 e. The van der Waals surface area contributed by atoms with Gasteiger partial charge in [0.1, 0.15) is 0 Å². The summed E-state index contributed by atoms with van der Waals surface area (Å²) >= 11 is 1.18. The highest BCUT2D eigenvalue weighted by molar-refractivity contribution is 7.93. The lowest BCUT2D eigenvalue weighted by Crippen LogP contribution is -2.32. The first kappa shape index (κ1) is 19.2. The number of amides is 2. The third-order valence-electron chi connectivity index (χ3n) is 3.24. The van der Waals surface area contributed by atoms with Gasteiger partial charge < -0.3 is 15.0 Å². The fourth-order valence-corrected chi connectivity index (χ4v) is 3.79. The zero-order valence-electron chi connectivity index (χ0n) is 13.9. The molecule has 0 radical (unpaired) electrons. The van der Waals surface area contributed by atoms with Gasteiger partial charge in [-0.2, -0.15) is 0 Å². The summed E-state index contributed by atoms with van der Waals surface area (Å²) in [5.41, 5.74) is 0.394. The number of thiazole rings is 1. The van der Waals surface area contributed by atoms with Gasteiger partial charge in [0.05, 0.1) is 4.90 Å². The second kappa shape index (κ2) is 8.79. The van der Waals surface area contributed by atoms with Crippen molar-refractivity contribution in [2.45, 2.75) is 11.3 Å². The summed E-state index contributed by atoms with van der Waals surface area (Å²) in [6, 6.07) is 5.73. The van der Waals surface area contributed by atoms with E-state index in [4.69, 9.17) is 4.74 Å². The minimum absolute atomic E-state index is 0.0440. The highest BCUT2D eigenvalue weighted by atomic mass is 32.2. The van der Waals surface area contributed by atoms with E-state index in [9.17, 15) is 13.2 Å². The summed E-state index contributed by atoms with van der Waals surface area (Å²) in [5, 5.41) is 4.64. The Balaban J connectivity index is 2.04. The fraction of sp³-hybridized carbons (Fsp3) is 0.333. The van der Waals surface area contributed by atoms with Crippen LogP contribution in [0.4, 0.5) is 15.6 Å². The number of hydrogen-bond acceptors (Lipinski definition) is 6. The van der Waals surface area contributed by atoms with Crippen LogP contribution in [0, 0.1) is 0 Å². The molecule has 136 valence electrons. The first-order valence-corrected chi connectivity index (χ1v) is 9.82. The number of benzene rings is 1. The molecular weight excluding hydrogens is 364 g/mol. The number of anilines is 2. The Bertz CT molecular complexity index is 794. The summed E-state index contributed by atoms with van der Waals surface area (Å²) < 4.78 is 32.1. The second-order valence-corrected chi connectivity index (χ2v) is 7.75. The standard InChI is InChI=1S/C15H20N4O4S2/c1-19(8-4-9-23-2)15(20)17-12-5-3-6-13(11-12)25(21,22)18-14-16-7-10-24-14/h3,5-7,10-11H,4,8-9H2,1-2H3,(H,16,18)(H,17,20). The van der Waals surface area contributed by atoms with Crippen molar-refractivity contribution in [2.24, 2.45) is 0 Å². The van der Waals surface area contributed by atoms with Gasteiger partial charge >= 0.3 is 6.03 Å². The number of nitrogens with one attached hydrogen (secondary N) is 2. The zero-order chi connectivity index (χ0) is 18.3. The molecule has 1 heterocycles. The van der Waals surface area contributed by atoms with E-state index in [0.29, 0.717) is 25.3 Å². The number of rotatable bonds is 8. The van der Waals surface area contributed by atoms with Crippen molar-refractivity contribution in [3.8, 4) is 0 Å². The number of carbonyl (C=O) groups excluding carboxylic acids is 1. The molecule has 0 spiro atoms. The van der Waals surface area contributed by atoms with Gasteiger partial charge in [0.15, 0.2) is 5.13 Å². The van der Waals surface area contributed by atoms with Crippen molar-refractivity contribution in [1.82, 2.24) is 9.88 Å². The Morgan fingerprint density at radius 2 is 2.20 bits per heavy atom. The van der Waals surface area contributed by atoms with E-state index in [0.717, 1.165) is 0 Å². The fourth-order valence-electron chi connectivity index (χ4n) is 1.96. The first-order chi connectivity index (χ1) is 11.9. The number of nitrogens with zero attached hydrogens (tertiary/aromatic N) is 2. The van der Waals surface area contributed by atoms with Crippen LogP contribution in [0.2, 0.25) is 0 Å². The molecule has 0 aliphatic rings. The molecule has 0 saturated heterocycles. The van der Waals surface area contributed by atoms with Gasteiger partial charge in [-0.3, -0.25) is 4.72 Å². The number of ether oxygens (including phenoxy) is 1. The average Bonchev–Trinajstić information content (AvgIpc) is 3.07. The van der Waals surface area contributed by atoms with Crippen LogP contribution >= 0.6 is 11.3 Å². The molecule has 2 rings (SSSR count). The van der Waals surface area contributed by atoms with Crippen LogP contribution in [0.3, 0.4) is 0 Å². The summed E-state index contributed by atoms with van der Waals surface area (Å²) in [5.74, 6) is 0. The van der Waals surface area contributed by atoms with Crippen molar-refractivity contribution >= 4 is 38.2 Å². The third-order valence-corrected chi connectivity index (χ3v) is 5.39. The topological polar surface area (TPSA) is 101 Å². The van der Waals surface area contributed by atoms with Crippen molar-refractivity contribution in [2.75, 3.05) is 37.3 Å². The predicted molar refractivity (Wildman–Crippen MR) is 97.5 cm³/mol. The molecule has 10 heteroatoms. The molecule has 0 unspecified atom stereocenters. The van der Waals surface area contributed by atoms with E-state index in [1.165, 1.54) is 34.6 Å². The highest BCUT2D eigenvalue weighted by Gasteiger charge is 2.17. The summed E-state index contributed by atoms with van der Waals surface area (Å²) in [6.07, 6.45) is 2.23. The molecule has 2 amide bonds. The number of sulfonamides is 1. The number of aromatic nitrogens is 1. The first-order valence-electron chi connectivity index (χ1n) is 7.46. The molecule has 0 saturated carbocycles. The largest absolute Gasteiger partial charge is 0.385 e. The van der Waals surface area contributed by atoms with Gasteiger partial charge in [0.2, 0.25) is 0 Å². The molecule has 0 atom stereocenters. The molecule has 2 aromatic rings. The number of carbonyl (C=O) groups is 1. The molecule has 0 aliphatic heterocycles. The van der Waals surface area contributed by atoms with Gasteiger partial charge in [-0.15, -0.1) is 11.3 Å². The molecule has 0 fully saturated rings. The van der Waals surface area contributed by atoms with E-state index in [-0.39, 0.29) is 16.1 Å². The van der Waals surface area contributed by atoms with Crippen molar-refractivity contribution in [1.29, 1.82) is 0 Å². The Morgan fingerprint density at radius 3 is 2.88 bits per heavy atom. The summed E-state index contributed by atoms with van der Waals surface area (Å²) in [7, 11) is -0.498. The molecular formula is C15H20N4O4S2. The van der Waals surface area contributed by atoms with Crippen molar-refractivity contribution < 1.29 is 17.9 Å². The monoisotopic (exact) mass is 384 g/mol. The van der Waals surface area contributed by atoms with Gasteiger partial charge in [-0.25, -0.2) is 18.2 Å². The second-order valence-electron chi connectivity index (χ2n) is 5.17. The van der Waals surface area contributed by atoms with Crippen molar-refractivity contribution in [3.63, 3.8) is 0 Å². The van der Waals surface area contributed by atoms with Crippen molar-refractivity contribution in [3.05, 3.63) is 35.8 Å². The average molecular weight is 384 g/mol. The van der Waals surface area contributed by atoms with Gasteiger partial charge in [0, 0.05) is 44.6 Å². The number of urea groups is 1. The minimum Gasteiger partial charge on any atom is -0.385 e.